The molecule has 0 aromatic heterocycles. The van der Waals surface area contributed by atoms with Crippen LogP contribution in [0.1, 0.15) is 5.56 Å². The number of nitrogens with one attached hydrogen (secondary N) is 3. The van der Waals surface area contributed by atoms with Gasteiger partial charge < -0.3 is 15.4 Å². The van der Waals surface area contributed by atoms with Crippen molar-refractivity contribution in [3.8, 4) is 0 Å². The number of rotatable bonds is 8. The van der Waals surface area contributed by atoms with Gasteiger partial charge >= 0.3 is 0 Å². The van der Waals surface area contributed by atoms with E-state index in [4.69, 9.17) is 33.3 Å². The Morgan fingerprint density at radius 1 is 1.34 bits per heavy atom. The number of morpholine rings is 1. The normalized spacial score (nSPS) is 17.3. The highest BCUT2D eigenvalue weighted by atomic mass is 35.5. The third-order valence-corrected chi connectivity index (χ3v) is 5.72. The van der Waals surface area contributed by atoms with Gasteiger partial charge in [0.2, 0.25) is 11.8 Å². The predicted molar refractivity (Wildman–Crippen MR) is 118 cm³/mol. The van der Waals surface area contributed by atoms with Gasteiger partial charge in [-0.05, 0) is 23.8 Å². The molecule has 0 saturated carbocycles. The van der Waals surface area contributed by atoms with Gasteiger partial charge in [-0.25, -0.2) is 0 Å². The van der Waals surface area contributed by atoms with E-state index in [-0.39, 0.29) is 28.7 Å². The van der Waals surface area contributed by atoms with Crippen LogP contribution in [0, 0.1) is 5.41 Å². The third kappa shape index (κ3) is 8.76. The molecule has 1 aromatic rings. The number of hydrogen-bond acceptors (Lipinski definition) is 6. The van der Waals surface area contributed by atoms with Gasteiger partial charge in [-0.3, -0.25) is 19.9 Å². The summed E-state index contributed by atoms with van der Waals surface area (Å²) >= 11 is 13.1. The Morgan fingerprint density at radius 2 is 2.14 bits per heavy atom. The van der Waals surface area contributed by atoms with Crippen molar-refractivity contribution in [2.45, 2.75) is 12.6 Å². The Bertz CT molecular complexity index is 776. The fourth-order valence-electron chi connectivity index (χ4n) is 2.65. The molecule has 1 aliphatic heterocycles. The number of halogens is 2. The van der Waals surface area contributed by atoms with Crippen molar-refractivity contribution >= 4 is 51.8 Å². The lowest BCUT2D eigenvalue weighted by Gasteiger charge is -2.33. The number of amides is 2. The zero-order valence-corrected chi connectivity index (χ0v) is 18.4. The summed E-state index contributed by atoms with van der Waals surface area (Å²) in [6, 6.07) is 5.60. The van der Waals surface area contributed by atoms with E-state index in [1.807, 2.05) is 12.1 Å². The number of likely N-dealkylation sites (N-methyl/N-ethyl adjacent to an activating group) is 1. The highest BCUT2D eigenvalue weighted by Crippen LogP contribution is 2.23. The minimum absolute atomic E-state index is 0.104. The van der Waals surface area contributed by atoms with Crippen LogP contribution in [0.25, 0.3) is 0 Å². The highest BCUT2D eigenvalue weighted by Gasteiger charge is 2.21. The van der Waals surface area contributed by atoms with Crippen LogP contribution < -0.4 is 10.6 Å². The molecular weight excluding hydrogens is 435 g/mol. The molecule has 0 aliphatic carbocycles. The molecule has 29 heavy (non-hydrogen) atoms. The lowest BCUT2D eigenvalue weighted by molar-refractivity contribution is -0.120. The molecule has 0 bridgehead atoms. The standard InChI is InChI=1S/C19H24Cl2N4O3S/c1-23-18(26)5-4-17(22)29-12-19(27)24-9-14-11-25(6-7-28-14)10-13-2-3-15(20)16(21)8-13/h2-5,8,14,22H,6-7,9-12H2,1H3,(H,23,26)(H,24,27)/b5-4-,22-17?. The lowest BCUT2D eigenvalue weighted by atomic mass is 10.2. The van der Waals surface area contributed by atoms with E-state index in [0.717, 1.165) is 30.4 Å². The lowest BCUT2D eigenvalue weighted by Crippen LogP contribution is -2.47. The van der Waals surface area contributed by atoms with E-state index in [1.54, 1.807) is 6.07 Å². The van der Waals surface area contributed by atoms with E-state index in [0.29, 0.717) is 29.7 Å². The fraction of sp³-hybridized carbons (Fsp3) is 0.421. The summed E-state index contributed by atoms with van der Waals surface area (Å²) in [5, 5.41) is 14.2. The molecule has 1 heterocycles. The van der Waals surface area contributed by atoms with Crippen LogP contribution in [0.15, 0.2) is 30.4 Å². The SMILES string of the molecule is CNC(=O)/C=C\C(=N)SCC(=O)NCC1CN(Cc2ccc(Cl)c(Cl)c2)CCO1. The maximum Gasteiger partial charge on any atom is 0.243 e. The van der Waals surface area contributed by atoms with E-state index in [1.165, 1.54) is 19.2 Å². The zero-order valence-electron chi connectivity index (χ0n) is 16.0. The molecule has 158 valence electrons. The number of nitrogens with zero attached hydrogens (tertiary/aromatic N) is 1. The molecule has 2 amide bonds. The minimum Gasteiger partial charge on any atom is -0.374 e. The monoisotopic (exact) mass is 458 g/mol. The molecule has 1 unspecified atom stereocenters. The van der Waals surface area contributed by atoms with Crippen LogP contribution in [0.5, 0.6) is 0 Å². The highest BCUT2D eigenvalue weighted by molar-refractivity contribution is 8.14. The largest absolute Gasteiger partial charge is 0.374 e. The number of hydrogen-bond donors (Lipinski definition) is 3. The molecule has 1 saturated heterocycles. The second kappa shape index (κ2) is 12.2. The Hall–Kier alpha value is -1.58. The van der Waals surface area contributed by atoms with Crippen molar-refractivity contribution in [2.24, 2.45) is 0 Å². The molecule has 1 atom stereocenters. The molecule has 1 fully saturated rings. The third-order valence-electron chi connectivity index (χ3n) is 4.13. The van der Waals surface area contributed by atoms with Gasteiger partial charge in [0, 0.05) is 39.3 Å². The van der Waals surface area contributed by atoms with Crippen molar-refractivity contribution < 1.29 is 14.3 Å². The molecule has 7 nitrogen and oxygen atoms in total. The van der Waals surface area contributed by atoms with Gasteiger partial charge in [-0.1, -0.05) is 41.0 Å². The molecule has 0 spiro atoms. The van der Waals surface area contributed by atoms with Gasteiger partial charge in [0.15, 0.2) is 0 Å². The van der Waals surface area contributed by atoms with Gasteiger partial charge in [0.05, 0.1) is 33.6 Å². The van der Waals surface area contributed by atoms with Crippen molar-refractivity contribution in [3.63, 3.8) is 0 Å². The van der Waals surface area contributed by atoms with Crippen molar-refractivity contribution in [1.82, 2.24) is 15.5 Å². The average Bonchev–Trinajstić information content (AvgIpc) is 2.71. The quantitative estimate of drug-likeness (QED) is 0.315. The first-order chi connectivity index (χ1) is 13.9. The smallest absolute Gasteiger partial charge is 0.243 e. The van der Waals surface area contributed by atoms with Gasteiger partial charge in [0.1, 0.15) is 0 Å². The Balaban J connectivity index is 1.71. The van der Waals surface area contributed by atoms with Crippen molar-refractivity contribution in [1.29, 1.82) is 5.41 Å². The van der Waals surface area contributed by atoms with Gasteiger partial charge in [0.25, 0.3) is 0 Å². The first-order valence-electron chi connectivity index (χ1n) is 9.03. The van der Waals surface area contributed by atoms with Crippen LogP contribution in [-0.4, -0.2) is 66.9 Å². The zero-order chi connectivity index (χ0) is 21.2. The number of thioether (sulfide) groups is 1. The molecule has 10 heteroatoms. The van der Waals surface area contributed by atoms with Crippen molar-refractivity contribution in [3.05, 3.63) is 46.0 Å². The first-order valence-corrected chi connectivity index (χ1v) is 10.8. The van der Waals surface area contributed by atoms with E-state index in [2.05, 4.69) is 15.5 Å². The number of benzene rings is 1. The summed E-state index contributed by atoms with van der Waals surface area (Å²) in [7, 11) is 1.51. The van der Waals surface area contributed by atoms with E-state index < -0.39 is 0 Å². The topological polar surface area (TPSA) is 94.5 Å². The number of carbonyl (C=O) groups excluding carboxylic acids is 2. The summed E-state index contributed by atoms with van der Waals surface area (Å²) in [6.07, 6.45) is 2.51. The van der Waals surface area contributed by atoms with Crippen LogP contribution >= 0.6 is 35.0 Å². The van der Waals surface area contributed by atoms with Crippen molar-refractivity contribution in [2.75, 3.05) is 39.0 Å². The fourth-order valence-corrected chi connectivity index (χ4v) is 3.52. The van der Waals surface area contributed by atoms with E-state index in [9.17, 15) is 9.59 Å². The van der Waals surface area contributed by atoms with E-state index >= 15 is 0 Å². The summed E-state index contributed by atoms with van der Waals surface area (Å²) in [5.41, 5.74) is 1.07. The molecule has 3 N–H and O–H groups in total. The average molecular weight is 459 g/mol. The predicted octanol–water partition coefficient (Wildman–Crippen LogP) is 2.32. The molecular formula is C19H24Cl2N4O3S. The van der Waals surface area contributed by atoms with Crippen LogP contribution in [0.4, 0.5) is 0 Å². The molecule has 1 aromatic carbocycles. The summed E-state index contributed by atoms with van der Waals surface area (Å²) in [6.45, 7) is 3.22. The van der Waals surface area contributed by atoms with Gasteiger partial charge in [-0.2, -0.15) is 0 Å². The van der Waals surface area contributed by atoms with Crippen LogP contribution in [0.3, 0.4) is 0 Å². The maximum absolute atomic E-state index is 12.0. The molecule has 0 radical (unpaired) electrons. The minimum atomic E-state index is -0.292. The second-order valence-corrected chi connectivity index (χ2v) is 8.21. The summed E-state index contributed by atoms with van der Waals surface area (Å²) < 4.78 is 5.73. The Morgan fingerprint density at radius 3 is 2.86 bits per heavy atom. The van der Waals surface area contributed by atoms with Crippen LogP contribution in [0.2, 0.25) is 10.0 Å². The second-order valence-electron chi connectivity index (χ2n) is 6.38. The summed E-state index contributed by atoms with van der Waals surface area (Å²) in [5.74, 6) is -0.366. The summed E-state index contributed by atoms with van der Waals surface area (Å²) in [4.78, 5) is 25.3. The number of carbonyl (C=O) groups is 2. The van der Waals surface area contributed by atoms with Gasteiger partial charge in [-0.15, -0.1) is 0 Å². The maximum atomic E-state index is 12.0. The molecule has 2 rings (SSSR count). The van der Waals surface area contributed by atoms with Crippen LogP contribution in [-0.2, 0) is 20.9 Å². The number of ether oxygens (including phenoxy) is 1. The molecule has 1 aliphatic rings. The first kappa shape index (κ1) is 23.7. The Kier molecular flexibility index (Phi) is 9.96. The Labute approximate surface area is 184 Å².